The summed E-state index contributed by atoms with van der Waals surface area (Å²) < 4.78 is 0.927. The summed E-state index contributed by atoms with van der Waals surface area (Å²) in [5.41, 5.74) is 0. The van der Waals surface area contributed by atoms with Gasteiger partial charge in [0.1, 0.15) is 5.82 Å². The fourth-order valence-electron chi connectivity index (χ4n) is 1.66. The van der Waals surface area contributed by atoms with Gasteiger partial charge in [0, 0.05) is 12.7 Å². The van der Waals surface area contributed by atoms with E-state index in [2.05, 4.69) is 33.2 Å². The van der Waals surface area contributed by atoms with Gasteiger partial charge in [-0.15, -0.1) is 0 Å². The van der Waals surface area contributed by atoms with Crippen molar-refractivity contribution in [3.05, 3.63) is 21.8 Å². The minimum absolute atomic E-state index is 0.655. The number of nitrogens with zero attached hydrogens (tertiary/aromatic N) is 1. The van der Waals surface area contributed by atoms with Gasteiger partial charge in [-0.05, 0) is 28.4 Å². The monoisotopic (exact) mass is 318 g/mol. The fourth-order valence-corrected chi connectivity index (χ4v) is 2.44. The summed E-state index contributed by atoms with van der Waals surface area (Å²) in [6, 6.07) is 1.86. The van der Waals surface area contributed by atoms with Gasteiger partial charge in [0.05, 0.1) is 9.50 Å². The van der Waals surface area contributed by atoms with E-state index in [1.54, 1.807) is 6.20 Å². The van der Waals surface area contributed by atoms with Crippen molar-refractivity contribution in [1.82, 2.24) is 4.98 Å². The van der Waals surface area contributed by atoms with Crippen LogP contribution in [0, 0.1) is 0 Å². The van der Waals surface area contributed by atoms with Crippen molar-refractivity contribution in [3.63, 3.8) is 0 Å². The molecular formula is C13H20BrClN2. The molecule has 1 N–H and O–H groups in total. The first-order chi connectivity index (χ1) is 8.24. The number of unbranched alkanes of at least 4 members (excludes halogenated alkanes) is 5. The van der Waals surface area contributed by atoms with Gasteiger partial charge in [0.2, 0.25) is 0 Å². The van der Waals surface area contributed by atoms with Crippen molar-refractivity contribution in [1.29, 1.82) is 0 Å². The van der Waals surface area contributed by atoms with Gasteiger partial charge in [-0.2, -0.15) is 0 Å². The Morgan fingerprint density at radius 1 is 1.24 bits per heavy atom. The molecule has 1 heterocycles. The standard InChI is InChI=1S/C13H20BrClN2/c1-2-3-4-5-6-7-8-16-13-12(14)9-11(15)10-17-13/h9-10H,2-8H2,1H3,(H,16,17). The Labute approximate surface area is 117 Å². The molecule has 0 bridgehead atoms. The molecule has 0 aliphatic heterocycles. The summed E-state index contributed by atoms with van der Waals surface area (Å²) in [5, 5.41) is 3.97. The Morgan fingerprint density at radius 3 is 2.65 bits per heavy atom. The van der Waals surface area contributed by atoms with Gasteiger partial charge in [0.25, 0.3) is 0 Å². The lowest BCUT2D eigenvalue weighted by Gasteiger charge is -2.07. The Morgan fingerprint density at radius 2 is 1.94 bits per heavy atom. The van der Waals surface area contributed by atoms with Crippen molar-refractivity contribution in [2.45, 2.75) is 45.4 Å². The highest BCUT2D eigenvalue weighted by molar-refractivity contribution is 9.10. The molecule has 0 aromatic carbocycles. The zero-order chi connectivity index (χ0) is 12.5. The molecule has 0 aliphatic rings. The Kier molecular flexibility index (Phi) is 7.62. The molecule has 17 heavy (non-hydrogen) atoms. The number of hydrogen-bond acceptors (Lipinski definition) is 2. The Bertz CT molecular complexity index is 331. The molecule has 96 valence electrons. The number of hydrogen-bond donors (Lipinski definition) is 1. The summed E-state index contributed by atoms with van der Waals surface area (Å²) in [7, 11) is 0. The second-order valence-corrected chi connectivity index (χ2v) is 5.47. The average Bonchev–Trinajstić information content (AvgIpc) is 2.30. The molecule has 0 aliphatic carbocycles. The van der Waals surface area contributed by atoms with Crippen molar-refractivity contribution in [3.8, 4) is 0 Å². The molecule has 1 aromatic heterocycles. The third-order valence-corrected chi connectivity index (χ3v) is 3.44. The number of rotatable bonds is 8. The predicted molar refractivity (Wildman–Crippen MR) is 78.8 cm³/mol. The van der Waals surface area contributed by atoms with E-state index in [-0.39, 0.29) is 0 Å². The van der Waals surface area contributed by atoms with E-state index in [1.807, 2.05) is 6.07 Å². The molecule has 0 fully saturated rings. The van der Waals surface area contributed by atoms with E-state index in [9.17, 15) is 0 Å². The first-order valence-corrected chi connectivity index (χ1v) is 7.46. The lowest BCUT2D eigenvalue weighted by Crippen LogP contribution is -2.03. The first-order valence-electron chi connectivity index (χ1n) is 6.29. The molecular weight excluding hydrogens is 300 g/mol. The quantitative estimate of drug-likeness (QED) is 0.660. The van der Waals surface area contributed by atoms with Crippen LogP contribution in [0.3, 0.4) is 0 Å². The molecule has 1 rings (SSSR count). The van der Waals surface area contributed by atoms with E-state index in [4.69, 9.17) is 11.6 Å². The Hall–Kier alpha value is -0.280. The summed E-state index contributed by atoms with van der Waals surface area (Å²) in [6.07, 6.45) is 9.51. The van der Waals surface area contributed by atoms with Crippen molar-refractivity contribution >= 4 is 33.3 Å². The van der Waals surface area contributed by atoms with Crippen LogP contribution in [-0.4, -0.2) is 11.5 Å². The zero-order valence-electron chi connectivity index (χ0n) is 10.3. The van der Waals surface area contributed by atoms with Crippen LogP contribution in [0.4, 0.5) is 5.82 Å². The average molecular weight is 320 g/mol. The smallest absolute Gasteiger partial charge is 0.140 e. The van der Waals surface area contributed by atoms with Crippen LogP contribution in [0.5, 0.6) is 0 Å². The molecule has 0 spiro atoms. The molecule has 2 nitrogen and oxygen atoms in total. The van der Waals surface area contributed by atoms with E-state index >= 15 is 0 Å². The van der Waals surface area contributed by atoms with Crippen molar-refractivity contribution in [2.24, 2.45) is 0 Å². The topological polar surface area (TPSA) is 24.9 Å². The van der Waals surface area contributed by atoms with Gasteiger partial charge in [-0.3, -0.25) is 0 Å². The first kappa shape index (κ1) is 14.8. The van der Waals surface area contributed by atoms with Crippen LogP contribution in [0.15, 0.2) is 16.7 Å². The lowest BCUT2D eigenvalue weighted by atomic mass is 10.1. The number of pyridine rings is 1. The summed E-state index contributed by atoms with van der Waals surface area (Å²) in [6.45, 7) is 3.21. The molecule has 0 saturated heterocycles. The molecule has 0 amide bonds. The maximum atomic E-state index is 5.83. The highest BCUT2D eigenvalue weighted by Crippen LogP contribution is 2.23. The SMILES string of the molecule is CCCCCCCCNc1ncc(Cl)cc1Br. The van der Waals surface area contributed by atoms with Gasteiger partial charge in [-0.1, -0.05) is 50.6 Å². The molecule has 0 saturated carbocycles. The maximum Gasteiger partial charge on any atom is 0.140 e. The normalized spacial score (nSPS) is 10.5. The van der Waals surface area contributed by atoms with Gasteiger partial charge in [0.15, 0.2) is 0 Å². The second kappa shape index (κ2) is 8.76. The fraction of sp³-hybridized carbons (Fsp3) is 0.615. The molecule has 4 heteroatoms. The molecule has 0 radical (unpaired) electrons. The predicted octanol–water partition coefficient (Wildman–Crippen LogP) is 5.27. The zero-order valence-corrected chi connectivity index (χ0v) is 12.6. The van der Waals surface area contributed by atoms with Crippen LogP contribution in [0.2, 0.25) is 5.02 Å². The van der Waals surface area contributed by atoms with Gasteiger partial charge < -0.3 is 5.32 Å². The van der Waals surface area contributed by atoms with E-state index in [0.717, 1.165) is 16.8 Å². The van der Waals surface area contributed by atoms with Gasteiger partial charge in [-0.25, -0.2) is 4.98 Å². The number of anilines is 1. The van der Waals surface area contributed by atoms with Crippen molar-refractivity contribution in [2.75, 3.05) is 11.9 Å². The third kappa shape index (κ3) is 6.27. The summed E-state index contributed by atoms with van der Waals surface area (Å²) in [4.78, 5) is 4.24. The summed E-state index contributed by atoms with van der Waals surface area (Å²) in [5.74, 6) is 0.878. The second-order valence-electron chi connectivity index (χ2n) is 4.18. The maximum absolute atomic E-state index is 5.83. The van der Waals surface area contributed by atoms with Crippen molar-refractivity contribution < 1.29 is 0 Å². The van der Waals surface area contributed by atoms with Crippen LogP contribution >= 0.6 is 27.5 Å². The van der Waals surface area contributed by atoms with Crippen LogP contribution in [0.25, 0.3) is 0 Å². The lowest BCUT2D eigenvalue weighted by molar-refractivity contribution is 0.617. The highest BCUT2D eigenvalue weighted by atomic mass is 79.9. The number of aromatic nitrogens is 1. The van der Waals surface area contributed by atoms with Crippen LogP contribution in [-0.2, 0) is 0 Å². The Balaban J connectivity index is 2.14. The van der Waals surface area contributed by atoms with Crippen LogP contribution < -0.4 is 5.32 Å². The van der Waals surface area contributed by atoms with E-state index in [1.165, 1.54) is 38.5 Å². The van der Waals surface area contributed by atoms with E-state index < -0.39 is 0 Å². The summed E-state index contributed by atoms with van der Waals surface area (Å²) >= 11 is 9.27. The molecule has 0 unspecified atom stereocenters. The van der Waals surface area contributed by atoms with Crippen LogP contribution in [0.1, 0.15) is 45.4 Å². The molecule has 0 atom stereocenters. The number of nitrogens with one attached hydrogen (secondary N) is 1. The van der Waals surface area contributed by atoms with E-state index in [0.29, 0.717) is 5.02 Å². The molecule has 1 aromatic rings. The number of halogens is 2. The highest BCUT2D eigenvalue weighted by Gasteiger charge is 2.01. The van der Waals surface area contributed by atoms with Gasteiger partial charge >= 0.3 is 0 Å². The largest absolute Gasteiger partial charge is 0.369 e. The minimum Gasteiger partial charge on any atom is -0.369 e. The minimum atomic E-state index is 0.655. The third-order valence-electron chi connectivity index (χ3n) is 2.63.